The zero-order chi connectivity index (χ0) is 18.7. The molecular weight excluding hydrogens is 320 g/mol. The molecular formula is C18H26N4O3. The Morgan fingerprint density at radius 1 is 1.24 bits per heavy atom. The molecule has 1 fully saturated rings. The summed E-state index contributed by atoms with van der Waals surface area (Å²) in [4.78, 5) is 24.5. The molecule has 7 heteroatoms. The van der Waals surface area contributed by atoms with Crippen molar-refractivity contribution in [2.75, 3.05) is 13.1 Å². The Balaban J connectivity index is 0.000000567. The summed E-state index contributed by atoms with van der Waals surface area (Å²) in [6.45, 7) is 7.62. The van der Waals surface area contributed by atoms with Crippen molar-refractivity contribution in [3.8, 4) is 5.69 Å². The fraction of sp³-hybridized carbons (Fsp3) is 0.444. The van der Waals surface area contributed by atoms with Crippen LogP contribution in [-0.2, 0) is 4.79 Å². The minimum atomic E-state index is -0.250. The van der Waals surface area contributed by atoms with Crippen molar-refractivity contribution >= 4 is 12.4 Å². The average Bonchev–Trinajstić information content (AvgIpc) is 3.18. The SMILES string of the molecule is CC.CC1CCCN(C(=O)c2ccccc2-n2nccn2)C1.O=CO. The van der Waals surface area contributed by atoms with E-state index in [1.807, 2.05) is 43.0 Å². The zero-order valence-corrected chi connectivity index (χ0v) is 15.0. The molecule has 1 aliphatic rings. The largest absolute Gasteiger partial charge is 0.483 e. The number of carbonyl (C=O) groups is 2. The minimum absolute atomic E-state index is 0.0736. The van der Waals surface area contributed by atoms with Crippen molar-refractivity contribution in [1.29, 1.82) is 0 Å². The van der Waals surface area contributed by atoms with E-state index in [1.54, 1.807) is 12.4 Å². The van der Waals surface area contributed by atoms with E-state index in [1.165, 1.54) is 11.2 Å². The lowest BCUT2D eigenvalue weighted by Gasteiger charge is -2.31. The van der Waals surface area contributed by atoms with Gasteiger partial charge in [0.05, 0.1) is 23.6 Å². The van der Waals surface area contributed by atoms with Gasteiger partial charge in [-0.3, -0.25) is 9.59 Å². The van der Waals surface area contributed by atoms with Gasteiger partial charge < -0.3 is 10.0 Å². The lowest BCUT2D eigenvalue weighted by Crippen LogP contribution is -2.39. The number of amides is 1. The molecule has 1 unspecified atom stereocenters. The molecule has 0 radical (unpaired) electrons. The van der Waals surface area contributed by atoms with Gasteiger partial charge in [0, 0.05) is 13.1 Å². The van der Waals surface area contributed by atoms with Gasteiger partial charge in [0.15, 0.2) is 0 Å². The number of rotatable bonds is 2. The second-order valence-electron chi connectivity index (χ2n) is 5.44. The number of likely N-dealkylation sites (tertiary alicyclic amines) is 1. The van der Waals surface area contributed by atoms with Crippen LogP contribution >= 0.6 is 0 Å². The normalized spacial score (nSPS) is 16.0. The molecule has 2 aromatic rings. The maximum atomic E-state index is 12.7. The maximum Gasteiger partial charge on any atom is 0.290 e. The number of aromatic nitrogens is 3. The van der Waals surface area contributed by atoms with Gasteiger partial charge in [-0.1, -0.05) is 32.9 Å². The van der Waals surface area contributed by atoms with E-state index in [9.17, 15) is 4.79 Å². The van der Waals surface area contributed by atoms with Gasteiger partial charge in [0.2, 0.25) is 0 Å². The maximum absolute atomic E-state index is 12.7. The second-order valence-corrected chi connectivity index (χ2v) is 5.44. The third-order valence-corrected chi connectivity index (χ3v) is 3.71. The van der Waals surface area contributed by atoms with E-state index in [-0.39, 0.29) is 12.4 Å². The number of hydrogen-bond donors (Lipinski definition) is 1. The number of carbonyl (C=O) groups excluding carboxylic acids is 1. The Labute approximate surface area is 148 Å². The van der Waals surface area contributed by atoms with Crippen LogP contribution in [0.4, 0.5) is 0 Å². The van der Waals surface area contributed by atoms with E-state index in [2.05, 4.69) is 17.1 Å². The molecule has 0 bridgehead atoms. The Bertz CT molecular complexity index is 644. The molecule has 0 saturated carbocycles. The molecule has 3 rings (SSSR count). The van der Waals surface area contributed by atoms with Crippen molar-refractivity contribution in [1.82, 2.24) is 19.9 Å². The number of hydrogen-bond acceptors (Lipinski definition) is 4. The van der Waals surface area contributed by atoms with Crippen molar-refractivity contribution in [2.45, 2.75) is 33.6 Å². The summed E-state index contributed by atoms with van der Waals surface area (Å²) in [5.41, 5.74) is 1.40. The molecule has 25 heavy (non-hydrogen) atoms. The number of piperidine rings is 1. The first-order valence-corrected chi connectivity index (χ1v) is 8.50. The standard InChI is InChI=1S/C15H18N4O.C2H6.CH2O2/c1-12-5-4-10-18(11-12)15(20)13-6-2-3-7-14(13)19-16-8-9-17-19;1-2;2-1-3/h2-3,6-9,12H,4-5,10-11H2,1H3;1-2H3;1H,(H,2,3). The predicted octanol–water partition coefficient (Wildman–Crippen LogP) is 2.87. The van der Waals surface area contributed by atoms with Gasteiger partial charge in [-0.25, -0.2) is 0 Å². The summed E-state index contributed by atoms with van der Waals surface area (Å²) in [7, 11) is 0. The topological polar surface area (TPSA) is 88.3 Å². The van der Waals surface area contributed by atoms with Gasteiger partial charge in [0.25, 0.3) is 12.4 Å². The highest BCUT2D eigenvalue weighted by Crippen LogP contribution is 2.20. The number of benzene rings is 1. The molecule has 1 aromatic heterocycles. The highest BCUT2D eigenvalue weighted by atomic mass is 16.3. The van der Waals surface area contributed by atoms with Crippen LogP contribution in [0.5, 0.6) is 0 Å². The minimum Gasteiger partial charge on any atom is -0.483 e. The van der Waals surface area contributed by atoms with E-state index in [0.29, 0.717) is 11.5 Å². The van der Waals surface area contributed by atoms with Gasteiger partial charge >= 0.3 is 0 Å². The summed E-state index contributed by atoms with van der Waals surface area (Å²) < 4.78 is 0. The van der Waals surface area contributed by atoms with Crippen LogP contribution in [-0.4, -0.2) is 50.5 Å². The molecule has 7 nitrogen and oxygen atoms in total. The smallest absolute Gasteiger partial charge is 0.290 e. The van der Waals surface area contributed by atoms with Crippen LogP contribution in [0.3, 0.4) is 0 Å². The molecule has 1 amide bonds. The van der Waals surface area contributed by atoms with E-state index in [4.69, 9.17) is 9.90 Å². The Morgan fingerprint density at radius 2 is 1.84 bits per heavy atom. The third-order valence-electron chi connectivity index (χ3n) is 3.71. The summed E-state index contributed by atoms with van der Waals surface area (Å²) in [5.74, 6) is 0.646. The molecule has 1 N–H and O–H groups in total. The number of nitrogens with zero attached hydrogens (tertiary/aromatic N) is 4. The lowest BCUT2D eigenvalue weighted by molar-refractivity contribution is -0.122. The first-order valence-electron chi connectivity index (χ1n) is 8.50. The molecule has 1 aromatic carbocycles. The van der Waals surface area contributed by atoms with Crippen molar-refractivity contribution in [2.24, 2.45) is 5.92 Å². The fourth-order valence-electron chi connectivity index (χ4n) is 2.71. The Hall–Kier alpha value is -2.70. The summed E-state index contributed by atoms with van der Waals surface area (Å²) in [6, 6.07) is 7.50. The zero-order valence-electron chi connectivity index (χ0n) is 15.0. The highest BCUT2D eigenvalue weighted by molar-refractivity contribution is 5.97. The van der Waals surface area contributed by atoms with E-state index >= 15 is 0 Å². The fourth-order valence-corrected chi connectivity index (χ4v) is 2.71. The van der Waals surface area contributed by atoms with Gasteiger partial charge in [-0.2, -0.15) is 15.0 Å². The third kappa shape index (κ3) is 5.70. The van der Waals surface area contributed by atoms with Crippen LogP contribution in [0.15, 0.2) is 36.7 Å². The van der Waals surface area contributed by atoms with Crippen LogP contribution < -0.4 is 0 Å². The summed E-state index contributed by atoms with van der Waals surface area (Å²) >= 11 is 0. The van der Waals surface area contributed by atoms with Crippen LogP contribution in [0, 0.1) is 5.92 Å². The highest BCUT2D eigenvalue weighted by Gasteiger charge is 2.24. The van der Waals surface area contributed by atoms with Crippen LogP contribution in [0.1, 0.15) is 44.0 Å². The number of para-hydroxylation sites is 1. The molecule has 1 saturated heterocycles. The van der Waals surface area contributed by atoms with E-state index in [0.717, 1.165) is 25.2 Å². The van der Waals surface area contributed by atoms with E-state index < -0.39 is 0 Å². The number of carboxylic acid groups (broad SMARTS) is 1. The van der Waals surface area contributed by atoms with Crippen molar-refractivity contribution in [3.63, 3.8) is 0 Å². The molecule has 136 valence electrons. The predicted molar refractivity (Wildman–Crippen MR) is 95.7 cm³/mol. The van der Waals surface area contributed by atoms with Gasteiger partial charge in [0.1, 0.15) is 0 Å². The monoisotopic (exact) mass is 346 g/mol. The second kappa shape index (κ2) is 11.0. The summed E-state index contributed by atoms with van der Waals surface area (Å²) in [6.07, 6.45) is 5.51. The first kappa shape index (κ1) is 20.3. The Morgan fingerprint density at radius 3 is 2.44 bits per heavy atom. The molecule has 1 aliphatic heterocycles. The first-order chi connectivity index (χ1) is 12.2. The molecule has 0 aliphatic carbocycles. The molecule has 0 spiro atoms. The van der Waals surface area contributed by atoms with Crippen molar-refractivity contribution < 1.29 is 14.7 Å². The van der Waals surface area contributed by atoms with Crippen LogP contribution in [0.25, 0.3) is 5.69 Å². The Kier molecular flexibility index (Phi) is 8.92. The lowest BCUT2D eigenvalue weighted by atomic mass is 9.99. The molecule has 1 atom stereocenters. The average molecular weight is 346 g/mol. The van der Waals surface area contributed by atoms with Crippen LogP contribution in [0.2, 0.25) is 0 Å². The van der Waals surface area contributed by atoms with Crippen molar-refractivity contribution in [3.05, 3.63) is 42.2 Å². The molecule has 2 heterocycles. The quantitative estimate of drug-likeness (QED) is 0.845. The van der Waals surface area contributed by atoms with Gasteiger partial charge in [-0.05, 0) is 30.9 Å². The van der Waals surface area contributed by atoms with Gasteiger partial charge in [-0.15, -0.1) is 0 Å². The summed E-state index contributed by atoms with van der Waals surface area (Å²) in [5, 5.41) is 15.1.